The van der Waals surface area contributed by atoms with Gasteiger partial charge in [0.1, 0.15) is 8.07 Å². The van der Waals surface area contributed by atoms with Crippen LogP contribution in [0.15, 0.2) is 41.6 Å². The van der Waals surface area contributed by atoms with Crippen molar-refractivity contribution in [3.63, 3.8) is 0 Å². The summed E-state index contributed by atoms with van der Waals surface area (Å²) >= 11 is 12.5. The van der Waals surface area contributed by atoms with E-state index in [2.05, 4.69) is 69.2 Å². The molecular weight excluding hydrogens is 379 g/mol. The van der Waals surface area contributed by atoms with E-state index >= 15 is 0 Å². The van der Waals surface area contributed by atoms with Gasteiger partial charge in [0.05, 0.1) is 23.7 Å². The molecule has 0 aromatic heterocycles. The lowest BCUT2D eigenvalue weighted by molar-refractivity contribution is 1.30. The molecule has 0 unspecified atom stereocenters. The predicted octanol–water partition coefficient (Wildman–Crippen LogP) is 6.98. The number of halogens is 2. The summed E-state index contributed by atoms with van der Waals surface area (Å²) in [5, 5.41) is 2.30. The van der Waals surface area contributed by atoms with Crippen LogP contribution in [0.2, 0.25) is 49.3 Å². The predicted molar refractivity (Wildman–Crippen MR) is 120 cm³/mol. The third-order valence-electron chi connectivity index (χ3n) is 3.26. The topological polar surface area (TPSA) is 0 Å². The van der Waals surface area contributed by atoms with Gasteiger partial charge in [0.25, 0.3) is 0 Å². The monoisotopic (exact) mass is 404 g/mol. The molecule has 0 amide bonds. The quantitative estimate of drug-likeness (QED) is 0.289. The Hall–Kier alpha value is -1.17. The Morgan fingerprint density at radius 3 is 2.04 bits per heavy atom. The molecule has 0 atom stereocenters. The van der Waals surface area contributed by atoms with E-state index in [4.69, 9.17) is 23.2 Å². The molecule has 1 rings (SSSR count). The van der Waals surface area contributed by atoms with Gasteiger partial charge >= 0.3 is 0 Å². The second-order valence-corrected chi connectivity index (χ2v) is 18.5. The van der Waals surface area contributed by atoms with Gasteiger partial charge in [-0.3, -0.25) is 0 Å². The van der Waals surface area contributed by atoms with Gasteiger partial charge in [-0.2, -0.15) is 0 Å². The number of hydrogen-bond donors (Lipinski definition) is 0. The van der Waals surface area contributed by atoms with Gasteiger partial charge in [-0.25, -0.2) is 0 Å². The first kappa shape index (κ1) is 21.9. The van der Waals surface area contributed by atoms with Crippen LogP contribution in [0.25, 0.3) is 0 Å². The van der Waals surface area contributed by atoms with E-state index in [0.717, 1.165) is 17.2 Å². The van der Waals surface area contributed by atoms with Crippen molar-refractivity contribution >= 4 is 39.3 Å². The molecule has 0 bridgehead atoms. The maximum Gasteiger partial charge on any atom is 0.129 e. The minimum Gasteiger partial charge on any atom is -0.127 e. The van der Waals surface area contributed by atoms with Crippen LogP contribution in [0.5, 0.6) is 0 Å². The molecule has 0 spiro atoms. The van der Waals surface area contributed by atoms with E-state index in [0.29, 0.717) is 15.6 Å². The fraction of sp³-hybridized carbons (Fsp3) is 0.333. The first-order valence-corrected chi connectivity index (χ1v) is 16.0. The van der Waals surface area contributed by atoms with Crippen LogP contribution < -0.4 is 0 Å². The lowest BCUT2D eigenvalue weighted by Crippen LogP contribution is -2.25. The molecule has 4 heteroatoms. The number of benzene rings is 1. The Labute approximate surface area is 165 Å². The molecule has 1 aromatic rings. The van der Waals surface area contributed by atoms with Crippen LogP contribution in [0.3, 0.4) is 0 Å². The van der Waals surface area contributed by atoms with Gasteiger partial charge < -0.3 is 0 Å². The summed E-state index contributed by atoms with van der Waals surface area (Å²) < 4.78 is 0. The molecule has 0 nitrogen and oxygen atoms in total. The number of hydrogen-bond acceptors (Lipinski definition) is 0. The second kappa shape index (κ2) is 8.97. The molecule has 0 radical (unpaired) electrons. The van der Waals surface area contributed by atoms with Gasteiger partial charge in [0.2, 0.25) is 0 Å². The van der Waals surface area contributed by atoms with Crippen LogP contribution >= 0.6 is 23.2 Å². The van der Waals surface area contributed by atoms with Crippen molar-refractivity contribution in [1.82, 2.24) is 0 Å². The van der Waals surface area contributed by atoms with Gasteiger partial charge in [0, 0.05) is 5.57 Å². The Morgan fingerprint density at radius 2 is 1.60 bits per heavy atom. The molecule has 132 valence electrons. The Morgan fingerprint density at radius 1 is 1.04 bits per heavy atom. The Bertz CT molecular complexity index is 778. The van der Waals surface area contributed by atoms with Crippen LogP contribution in [0, 0.1) is 23.3 Å². The lowest BCUT2D eigenvalue weighted by atomic mass is 10.1. The molecule has 0 saturated carbocycles. The zero-order valence-corrected chi connectivity index (χ0v) is 19.5. The average molecular weight is 406 g/mol. The minimum absolute atomic E-state index is 0.577. The normalized spacial score (nSPS) is 12.3. The summed E-state index contributed by atoms with van der Waals surface area (Å²) in [4.78, 5) is 0. The summed E-state index contributed by atoms with van der Waals surface area (Å²) in [5.41, 5.74) is 5.23. The smallest absolute Gasteiger partial charge is 0.127 e. The third-order valence-corrected chi connectivity index (χ3v) is 6.70. The SMILES string of the molecule is C=CC/C(C#C[Si](C)(C)C)=C(/C#Cc1c(Cl)cccc1Cl)[Si](C)(C)C. The maximum atomic E-state index is 6.26. The minimum atomic E-state index is -1.69. The van der Waals surface area contributed by atoms with Crippen LogP contribution in [-0.4, -0.2) is 16.1 Å². The molecule has 25 heavy (non-hydrogen) atoms. The molecule has 0 fully saturated rings. The molecule has 1 aromatic carbocycles. The van der Waals surface area contributed by atoms with Crippen molar-refractivity contribution < 1.29 is 0 Å². The first-order chi connectivity index (χ1) is 11.5. The Kier molecular flexibility index (Phi) is 7.85. The van der Waals surface area contributed by atoms with Crippen molar-refractivity contribution in [3.05, 3.63) is 57.2 Å². The largest absolute Gasteiger partial charge is 0.129 e. The van der Waals surface area contributed by atoms with Crippen LogP contribution in [-0.2, 0) is 0 Å². The Balaban J connectivity index is 3.59. The number of rotatable bonds is 3. The molecular formula is C21H26Cl2Si2. The lowest BCUT2D eigenvalue weighted by Gasteiger charge is -2.18. The summed E-state index contributed by atoms with van der Waals surface area (Å²) in [5.74, 6) is 9.98. The van der Waals surface area contributed by atoms with E-state index in [1.807, 2.05) is 24.3 Å². The van der Waals surface area contributed by atoms with Crippen molar-refractivity contribution in [1.29, 1.82) is 0 Å². The second-order valence-electron chi connectivity index (χ2n) is 7.94. The fourth-order valence-corrected chi connectivity index (χ4v) is 4.61. The van der Waals surface area contributed by atoms with E-state index in [1.165, 1.54) is 0 Å². The van der Waals surface area contributed by atoms with Gasteiger partial charge in [-0.15, -0.1) is 12.1 Å². The first-order valence-electron chi connectivity index (χ1n) is 8.29. The van der Waals surface area contributed by atoms with E-state index < -0.39 is 16.1 Å². The molecule has 0 aliphatic rings. The molecule has 0 saturated heterocycles. The standard InChI is InChI=1S/C21H26Cl2Si2/c1-8-10-17(15-16-24(2,3)4)21(25(5,6)7)14-13-18-19(22)11-9-12-20(18)23/h8-9,11-12H,1,10H2,2-7H3/b21-17+. The van der Waals surface area contributed by atoms with Crippen LogP contribution in [0.4, 0.5) is 0 Å². The summed E-state index contributed by atoms with van der Waals surface area (Å²) in [6.07, 6.45) is 2.64. The molecule has 0 aliphatic carbocycles. The summed E-state index contributed by atoms with van der Waals surface area (Å²) in [6, 6.07) is 5.45. The van der Waals surface area contributed by atoms with Crippen molar-refractivity contribution in [3.8, 4) is 23.3 Å². The molecule has 0 heterocycles. The average Bonchev–Trinajstić information content (AvgIpc) is 2.45. The highest BCUT2D eigenvalue weighted by Crippen LogP contribution is 2.25. The van der Waals surface area contributed by atoms with Gasteiger partial charge in [-0.05, 0) is 23.7 Å². The highest BCUT2D eigenvalue weighted by atomic mass is 35.5. The van der Waals surface area contributed by atoms with Crippen molar-refractivity contribution in [2.45, 2.75) is 45.7 Å². The van der Waals surface area contributed by atoms with Gasteiger partial charge in [0.15, 0.2) is 0 Å². The van der Waals surface area contributed by atoms with Crippen LogP contribution in [0.1, 0.15) is 12.0 Å². The molecule has 0 N–H and O–H groups in total. The fourth-order valence-electron chi connectivity index (χ4n) is 2.08. The highest BCUT2D eigenvalue weighted by Gasteiger charge is 2.21. The van der Waals surface area contributed by atoms with E-state index in [9.17, 15) is 0 Å². The van der Waals surface area contributed by atoms with E-state index in [1.54, 1.807) is 0 Å². The zero-order valence-electron chi connectivity index (χ0n) is 16.0. The van der Waals surface area contributed by atoms with Crippen molar-refractivity contribution in [2.75, 3.05) is 0 Å². The molecule has 0 aliphatic heterocycles. The zero-order chi connectivity index (χ0) is 19.3. The summed E-state index contributed by atoms with van der Waals surface area (Å²) in [6.45, 7) is 17.5. The number of allylic oxidation sites excluding steroid dienone is 3. The summed E-state index contributed by atoms with van der Waals surface area (Å²) in [7, 11) is -3.15. The van der Waals surface area contributed by atoms with Gasteiger partial charge in [-0.1, -0.05) is 92.4 Å². The van der Waals surface area contributed by atoms with E-state index in [-0.39, 0.29) is 0 Å². The highest BCUT2D eigenvalue weighted by molar-refractivity contribution is 6.85. The van der Waals surface area contributed by atoms with Crippen molar-refractivity contribution in [2.24, 2.45) is 0 Å². The maximum absolute atomic E-state index is 6.26. The third kappa shape index (κ3) is 7.31.